The zero-order valence-corrected chi connectivity index (χ0v) is 11.5. The third-order valence-corrected chi connectivity index (χ3v) is 4.43. The molecule has 3 rings (SSSR count). The maximum absolute atomic E-state index is 9.54. The van der Waals surface area contributed by atoms with Crippen molar-refractivity contribution < 1.29 is 14.4 Å². The van der Waals surface area contributed by atoms with Gasteiger partial charge in [-0.25, -0.2) is 0 Å². The molecule has 5 nitrogen and oxygen atoms in total. The Morgan fingerprint density at radius 1 is 1.21 bits per heavy atom. The molecule has 2 fully saturated rings. The second kappa shape index (κ2) is 5.21. The van der Waals surface area contributed by atoms with Crippen molar-refractivity contribution in [2.24, 2.45) is 0 Å². The van der Waals surface area contributed by atoms with Crippen LogP contribution in [-0.4, -0.2) is 28.0 Å². The number of hydrogen-bond donors (Lipinski definition) is 1. The van der Waals surface area contributed by atoms with Gasteiger partial charge in [0.1, 0.15) is 5.60 Å². The minimum atomic E-state index is -0.381. The lowest BCUT2D eigenvalue weighted by molar-refractivity contribution is -0.0770. The van der Waals surface area contributed by atoms with Crippen molar-refractivity contribution >= 4 is 0 Å². The molecule has 0 spiro atoms. The molecule has 2 heterocycles. The summed E-state index contributed by atoms with van der Waals surface area (Å²) in [4.78, 5) is 4.57. The molecule has 1 saturated carbocycles. The van der Waals surface area contributed by atoms with E-state index in [1.165, 1.54) is 0 Å². The van der Waals surface area contributed by atoms with E-state index in [0.717, 1.165) is 57.4 Å². The monoisotopic (exact) mass is 266 g/mol. The average molecular weight is 266 g/mol. The highest BCUT2D eigenvalue weighted by atomic mass is 16.5. The van der Waals surface area contributed by atoms with Crippen molar-refractivity contribution in [1.82, 2.24) is 10.1 Å². The predicted molar refractivity (Wildman–Crippen MR) is 68.7 cm³/mol. The first-order valence-corrected chi connectivity index (χ1v) is 7.33. The summed E-state index contributed by atoms with van der Waals surface area (Å²) < 4.78 is 11.3. The molecule has 19 heavy (non-hydrogen) atoms. The standard InChI is InChI=1S/C14H22N2O3/c1-14(8-2-3-9-18-14)13-15-12(19-16-13)10-4-6-11(17)7-5-10/h10-11,17H,2-9H2,1H3. The summed E-state index contributed by atoms with van der Waals surface area (Å²) in [6, 6.07) is 0. The summed E-state index contributed by atoms with van der Waals surface area (Å²) in [5, 5.41) is 13.7. The molecule has 106 valence electrons. The molecule has 0 aromatic carbocycles. The van der Waals surface area contributed by atoms with E-state index in [1.54, 1.807) is 0 Å². The first-order valence-electron chi connectivity index (χ1n) is 7.33. The molecule has 5 heteroatoms. The fourth-order valence-corrected chi connectivity index (χ4v) is 3.05. The third kappa shape index (κ3) is 2.67. The zero-order valence-electron chi connectivity index (χ0n) is 11.5. The highest BCUT2D eigenvalue weighted by Gasteiger charge is 2.36. The summed E-state index contributed by atoms with van der Waals surface area (Å²) in [5.74, 6) is 1.71. The van der Waals surface area contributed by atoms with Crippen molar-refractivity contribution in [3.05, 3.63) is 11.7 Å². The lowest BCUT2D eigenvalue weighted by Gasteiger charge is -2.30. The largest absolute Gasteiger partial charge is 0.393 e. The van der Waals surface area contributed by atoms with Crippen molar-refractivity contribution in [2.75, 3.05) is 6.61 Å². The molecule has 1 aromatic rings. The molecule has 1 N–H and O–H groups in total. The van der Waals surface area contributed by atoms with Gasteiger partial charge < -0.3 is 14.4 Å². The minimum absolute atomic E-state index is 0.155. The van der Waals surface area contributed by atoms with E-state index in [9.17, 15) is 5.11 Å². The van der Waals surface area contributed by atoms with E-state index in [2.05, 4.69) is 10.1 Å². The Hall–Kier alpha value is -0.940. The zero-order chi connectivity index (χ0) is 13.3. The van der Waals surface area contributed by atoms with Gasteiger partial charge in [0.15, 0.2) is 0 Å². The topological polar surface area (TPSA) is 68.4 Å². The molecule has 2 aliphatic rings. The van der Waals surface area contributed by atoms with Gasteiger partial charge in [0.25, 0.3) is 0 Å². The average Bonchev–Trinajstić information content (AvgIpc) is 2.91. The van der Waals surface area contributed by atoms with Crippen LogP contribution in [0.4, 0.5) is 0 Å². The number of aliphatic hydroxyl groups excluding tert-OH is 1. The van der Waals surface area contributed by atoms with Crippen LogP contribution in [0.2, 0.25) is 0 Å². The molecule has 1 aromatic heterocycles. The van der Waals surface area contributed by atoms with Gasteiger partial charge in [-0.05, 0) is 51.9 Å². The van der Waals surface area contributed by atoms with Gasteiger partial charge in [0.05, 0.1) is 6.10 Å². The fraction of sp³-hybridized carbons (Fsp3) is 0.857. The van der Waals surface area contributed by atoms with Crippen LogP contribution in [-0.2, 0) is 10.3 Å². The first-order chi connectivity index (χ1) is 9.17. The number of ether oxygens (including phenoxy) is 1. The Labute approximate surface area is 113 Å². The summed E-state index contributed by atoms with van der Waals surface area (Å²) in [7, 11) is 0. The summed E-state index contributed by atoms with van der Waals surface area (Å²) in [5.41, 5.74) is -0.381. The Morgan fingerprint density at radius 2 is 2.00 bits per heavy atom. The Morgan fingerprint density at radius 3 is 2.68 bits per heavy atom. The third-order valence-electron chi connectivity index (χ3n) is 4.43. The highest BCUT2D eigenvalue weighted by molar-refractivity contribution is 5.04. The van der Waals surface area contributed by atoms with E-state index in [4.69, 9.17) is 9.26 Å². The van der Waals surface area contributed by atoms with Crippen LogP contribution in [0.3, 0.4) is 0 Å². The van der Waals surface area contributed by atoms with Gasteiger partial charge >= 0.3 is 0 Å². The molecule has 1 atom stereocenters. The van der Waals surface area contributed by atoms with Gasteiger partial charge in [-0.1, -0.05) is 5.16 Å². The SMILES string of the molecule is CC1(c2noc(C3CCC(O)CC3)n2)CCCCO1. The van der Waals surface area contributed by atoms with Crippen LogP contribution >= 0.6 is 0 Å². The number of aliphatic hydroxyl groups is 1. The van der Waals surface area contributed by atoms with Crippen molar-refractivity contribution in [1.29, 1.82) is 0 Å². The number of hydrogen-bond acceptors (Lipinski definition) is 5. The van der Waals surface area contributed by atoms with Crippen LogP contribution in [0.1, 0.15) is 69.5 Å². The van der Waals surface area contributed by atoms with Gasteiger partial charge in [0.2, 0.25) is 11.7 Å². The van der Waals surface area contributed by atoms with Crippen molar-refractivity contribution in [3.8, 4) is 0 Å². The lowest BCUT2D eigenvalue weighted by atomic mass is 9.87. The molecule has 1 unspecified atom stereocenters. The number of nitrogens with zero attached hydrogens (tertiary/aromatic N) is 2. The summed E-state index contributed by atoms with van der Waals surface area (Å²) in [6.45, 7) is 2.82. The number of aromatic nitrogens is 2. The quantitative estimate of drug-likeness (QED) is 0.890. The summed E-state index contributed by atoms with van der Waals surface area (Å²) in [6.07, 6.45) is 6.58. The van der Waals surface area contributed by atoms with Gasteiger partial charge in [-0.2, -0.15) is 4.98 Å². The second-order valence-corrected chi connectivity index (χ2v) is 6.00. The molecule has 0 amide bonds. The van der Waals surface area contributed by atoms with E-state index >= 15 is 0 Å². The van der Waals surface area contributed by atoms with E-state index < -0.39 is 0 Å². The normalized spacial score (nSPS) is 36.3. The van der Waals surface area contributed by atoms with Crippen LogP contribution in [0.15, 0.2) is 4.52 Å². The molecule has 0 bridgehead atoms. The Kier molecular flexibility index (Phi) is 3.58. The molecule has 1 aliphatic heterocycles. The highest BCUT2D eigenvalue weighted by Crippen LogP contribution is 2.36. The van der Waals surface area contributed by atoms with Crippen LogP contribution in [0.25, 0.3) is 0 Å². The van der Waals surface area contributed by atoms with E-state index in [-0.39, 0.29) is 11.7 Å². The van der Waals surface area contributed by atoms with Gasteiger partial charge in [0, 0.05) is 12.5 Å². The minimum Gasteiger partial charge on any atom is -0.393 e. The van der Waals surface area contributed by atoms with Crippen LogP contribution in [0.5, 0.6) is 0 Å². The van der Waals surface area contributed by atoms with Gasteiger partial charge in [-0.3, -0.25) is 0 Å². The molecular formula is C14H22N2O3. The Balaban J connectivity index is 1.72. The second-order valence-electron chi connectivity index (χ2n) is 6.00. The molecule has 1 saturated heterocycles. The lowest BCUT2D eigenvalue weighted by Crippen LogP contribution is -2.31. The van der Waals surface area contributed by atoms with Crippen LogP contribution < -0.4 is 0 Å². The fourth-order valence-electron chi connectivity index (χ4n) is 3.05. The van der Waals surface area contributed by atoms with Crippen LogP contribution in [0, 0.1) is 0 Å². The Bertz CT molecular complexity index is 418. The first kappa shape index (κ1) is 13.1. The summed E-state index contributed by atoms with van der Waals surface area (Å²) >= 11 is 0. The molecule has 0 radical (unpaired) electrons. The predicted octanol–water partition coefficient (Wildman–Crippen LogP) is 2.50. The van der Waals surface area contributed by atoms with Gasteiger partial charge in [-0.15, -0.1) is 0 Å². The van der Waals surface area contributed by atoms with E-state index in [0.29, 0.717) is 11.7 Å². The maximum Gasteiger partial charge on any atom is 0.229 e. The smallest absolute Gasteiger partial charge is 0.229 e. The number of rotatable bonds is 2. The molecular weight excluding hydrogens is 244 g/mol. The van der Waals surface area contributed by atoms with E-state index in [1.807, 2.05) is 6.92 Å². The van der Waals surface area contributed by atoms with Crippen molar-refractivity contribution in [2.45, 2.75) is 69.5 Å². The molecule has 1 aliphatic carbocycles. The van der Waals surface area contributed by atoms with Crippen molar-refractivity contribution in [3.63, 3.8) is 0 Å². The maximum atomic E-state index is 9.54.